The van der Waals surface area contributed by atoms with E-state index in [-0.39, 0.29) is 17.4 Å². The first-order valence-corrected chi connectivity index (χ1v) is 14.4. The smallest absolute Gasteiger partial charge is 0.245 e. The number of rotatable bonds is 4. The third kappa shape index (κ3) is 4.36. The largest absolute Gasteiger partial charge is 0.340 e. The fraction of sp³-hybridized carbons (Fsp3) is 0.929. The Kier molecular flexibility index (Phi) is 6.21. The molecular weight excluding hydrogens is 410 g/mol. The monoisotopic (exact) mass is 455 g/mol. The summed E-state index contributed by atoms with van der Waals surface area (Å²) in [5.41, 5.74) is -0.118. The predicted octanol–water partition coefficient (Wildman–Crippen LogP) is 4.31. The van der Waals surface area contributed by atoms with E-state index in [1.165, 1.54) is 57.9 Å². The molecule has 2 amide bonds. The Bertz CT molecular complexity index is 710. The van der Waals surface area contributed by atoms with Gasteiger partial charge >= 0.3 is 0 Å². The van der Waals surface area contributed by atoms with Crippen LogP contribution in [0, 0.1) is 29.1 Å². The summed E-state index contributed by atoms with van der Waals surface area (Å²) < 4.78 is 0. The number of hydrogen-bond donors (Lipinski definition) is 0. The first-order valence-electron chi connectivity index (χ1n) is 14.4. The standard InChI is InChI=1S/C28H45N3O2/c32-26(30-10-5-9-29(12-13-30)20-21-6-2-1-3-7-21)25-8-4-11-31(25)27(33)28-17-22-14-23(18-28)16-24(15-22)19-28/h21-25H,1-20H2. The zero-order valence-electron chi connectivity index (χ0n) is 20.7. The van der Waals surface area contributed by atoms with Crippen molar-refractivity contribution in [1.82, 2.24) is 14.7 Å². The van der Waals surface area contributed by atoms with Gasteiger partial charge < -0.3 is 14.7 Å². The molecule has 0 aromatic heterocycles. The summed E-state index contributed by atoms with van der Waals surface area (Å²) in [6.07, 6.45) is 17.4. The molecule has 2 heterocycles. The summed E-state index contributed by atoms with van der Waals surface area (Å²) >= 11 is 0. The van der Waals surface area contributed by atoms with Gasteiger partial charge in [-0.3, -0.25) is 9.59 Å². The van der Waals surface area contributed by atoms with E-state index in [1.54, 1.807) is 0 Å². The molecule has 0 aromatic carbocycles. The maximum atomic E-state index is 14.0. The molecule has 7 aliphatic rings. The van der Waals surface area contributed by atoms with Crippen molar-refractivity contribution in [2.24, 2.45) is 29.1 Å². The molecule has 5 saturated carbocycles. The molecule has 1 unspecified atom stereocenters. The van der Waals surface area contributed by atoms with Crippen LogP contribution in [0.1, 0.15) is 89.9 Å². The Hall–Kier alpha value is -1.10. The molecule has 7 fully saturated rings. The Balaban J connectivity index is 1.09. The second-order valence-electron chi connectivity index (χ2n) is 12.8. The minimum Gasteiger partial charge on any atom is -0.340 e. The van der Waals surface area contributed by atoms with Crippen LogP contribution < -0.4 is 0 Å². The molecule has 2 aliphatic heterocycles. The van der Waals surface area contributed by atoms with Gasteiger partial charge in [0.15, 0.2) is 0 Å². The minimum absolute atomic E-state index is 0.118. The first-order chi connectivity index (χ1) is 16.1. The SMILES string of the molecule is O=C(C1CCCN1C(=O)C12CC3CC(CC(C3)C1)C2)N1CCCN(CC2CCCCC2)CC1. The molecule has 184 valence electrons. The Morgan fingerprint density at radius 3 is 2.09 bits per heavy atom. The maximum absolute atomic E-state index is 14.0. The molecule has 1 atom stereocenters. The fourth-order valence-corrected chi connectivity index (χ4v) is 9.26. The zero-order chi connectivity index (χ0) is 22.4. The van der Waals surface area contributed by atoms with Gasteiger partial charge in [-0.1, -0.05) is 19.3 Å². The van der Waals surface area contributed by atoms with Gasteiger partial charge in [0.05, 0.1) is 5.41 Å². The molecule has 5 heteroatoms. The number of nitrogens with zero attached hydrogens (tertiary/aromatic N) is 3. The van der Waals surface area contributed by atoms with Crippen molar-refractivity contribution < 1.29 is 9.59 Å². The van der Waals surface area contributed by atoms with Gasteiger partial charge in [0.25, 0.3) is 0 Å². The zero-order valence-corrected chi connectivity index (χ0v) is 20.7. The van der Waals surface area contributed by atoms with Crippen LogP contribution in [0.25, 0.3) is 0 Å². The third-order valence-electron chi connectivity index (χ3n) is 10.4. The van der Waals surface area contributed by atoms with Crippen molar-refractivity contribution >= 4 is 11.8 Å². The van der Waals surface area contributed by atoms with E-state index < -0.39 is 0 Å². The number of carbonyl (C=O) groups is 2. The quantitative estimate of drug-likeness (QED) is 0.635. The highest BCUT2D eigenvalue weighted by Crippen LogP contribution is 2.60. The normalized spacial score (nSPS) is 39.8. The lowest BCUT2D eigenvalue weighted by Gasteiger charge is -2.56. The average Bonchev–Trinajstić information content (AvgIpc) is 3.18. The van der Waals surface area contributed by atoms with Crippen molar-refractivity contribution in [3.63, 3.8) is 0 Å². The highest BCUT2D eigenvalue weighted by molar-refractivity contribution is 5.91. The number of hydrogen-bond acceptors (Lipinski definition) is 3. The van der Waals surface area contributed by atoms with Crippen molar-refractivity contribution in [1.29, 1.82) is 0 Å². The summed E-state index contributed by atoms with van der Waals surface area (Å²) in [6.45, 7) is 5.89. The number of likely N-dealkylation sites (tertiary alicyclic amines) is 1. The van der Waals surface area contributed by atoms with Crippen molar-refractivity contribution in [2.75, 3.05) is 39.3 Å². The Morgan fingerprint density at radius 2 is 1.39 bits per heavy atom. The van der Waals surface area contributed by atoms with Crippen LogP contribution in [-0.4, -0.2) is 71.8 Å². The molecule has 2 saturated heterocycles. The first kappa shape index (κ1) is 22.4. The van der Waals surface area contributed by atoms with Gasteiger partial charge in [0.2, 0.25) is 11.8 Å². The van der Waals surface area contributed by atoms with E-state index >= 15 is 0 Å². The van der Waals surface area contributed by atoms with Gasteiger partial charge in [-0.2, -0.15) is 0 Å². The van der Waals surface area contributed by atoms with Crippen molar-refractivity contribution in [3.05, 3.63) is 0 Å². The van der Waals surface area contributed by atoms with Crippen LogP contribution in [0.4, 0.5) is 0 Å². The summed E-state index contributed by atoms with van der Waals surface area (Å²) in [7, 11) is 0. The highest BCUT2D eigenvalue weighted by atomic mass is 16.2. The van der Waals surface area contributed by atoms with Gasteiger partial charge in [0, 0.05) is 32.7 Å². The molecule has 5 aliphatic carbocycles. The molecule has 0 aromatic rings. The van der Waals surface area contributed by atoms with Gasteiger partial charge in [0.1, 0.15) is 6.04 Å². The molecule has 5 nitrogen and oxygen atoms in total. The molecule has 4 bridgehead atoms. The van der Waals surface area contributed by atoms with E-state index in [1.807, 2.05) is 0 Å². The lowest BCUT2D eigenvalue weighted by molar-refractivity contribution is -0.162. The molecular formula is C28H45N3O2. The Morgan fingerprint density at radius 1 is 0.697 bits per heavy atom. The molecule has 33 heavy (non-hydrogen) atoms. The number of carbonyl (C=O) groups excluding carboxylic acids is 2. The fourth-order valence-electron chi connectivity index (χ4n) is 9.26. The predicted molar refractivity (Wildman–Crippen MR) is 130 cm³/mol. The second kappa shape index (κ2) is 9.17. The van der Waals surface area contributed by atoms with E-state index in [2.05, 4.69) is 14.7 Å². The van der Waals surface area contributed by atoms with E-state index in [0.29, 0.717) is 5.91 Å². The molecule has 7 rings (SSSR count). The molecule has 0 radical (unpaired) electrons. The average molecular weight is 456 g/mol. The van der Waals surface area contributed by atoms with Crippen LogP contribution in [0.2, 0.25) is 0 Å². The summed E-state index contributed by atoms with van der Waals surface area (Å²) in [4.78, 5) is 34.5. The van der Waals surface area contributed by atoms with Gasteiger partial charge in [-0.05, 0) is 101 Å². The Labute approximate surface area is 200 Å². The van der Waals surface area contributed by atoms with E-state index in [4.69, 9.17) is 0 Å². The lowest BCUT2D eigenvalue weighted by atomic mass is 9.49. The maximum Gasteiger partial charge on any atom is 0.245 e. The summed E-state index contributed by atoms with van der Waals surface area (Å²) in [6, 6.07) is -0.185. The van der Waals surface area contributed by atoms with Gasteiger partial charge in [-0.15, -0.1) is 0 Å². The van der Waals surface area contributed by atoms with Crippen LogP contribution in [0.5, 0.6) is 0 Å². The van der Waals surface area contributed by atoms with Crippen LogP contribution in [-0.2, 0) is 9.59 Å². The molecule has 0 spiro atoms. The topological polar surface area (TPSA) is 43.9 Å². The number of amides is 2. The molecule has 0 N–H and O–H groups in total. The van der Waals surface area contributed by atoms with Crippen molar-refractivity contribution in [3.8, 4) is 0 Å². The van der Waals surface area contributed by atoms with Crippen LogP contribution in [0.3, 0.4) is 0 Å². The summed E-state index contributed by atoms with van der Waals surface area (Å²) in [5.74, 6) is 3.81. The third-order valence-corrected chi connectivity index (χ3v) is 10.4. The highest BCUT2D eigenvalue weighted by Gasteiger charge is 2.57. The van der Waals surface area contributed by atoms with Crippen LogP contribution >= 0.6 is 0 Å². The van der Waals surface area contributed by atoms with Crippen molar-refractivity contribution in [2.45, 2.75) is 95.9 Å². The van der Waals surface area contributed by atoms with E-state index in [9.17, 15) is 9.59 Å². The lowest BCUT2D eigenvalue weighted by Crippen LogP contribution is -2.57. The van der Waals surface area contributed by atoms with E-state index in [0.717, 1.165) is 94.9 Å². The minimum atomic E-state index is -0.185. The second-order valence-corrected chi connectivity index (χ2v) is 12.8. The van der Waals surface area contributed by atoms with Gasteiger partial charge in [-0.25, -0.2) is 0 Å². The van der Waals surface area contributed by atoms with Crippen LogP contribution in [0.15, 0.2) is 0 Å². The summed E-state index contributed by atoms with van der Waals surface area (Å²) in [5, 5.41) is 0.